The molecule has 82 valence electrons. The SMILES string of the molecule is O=C(Nc1ccsc1)N[C@@H]1CC[C@H](F)C1. The van der Waals surface area contributed by atoms with Crippen LogP contribution in [0.1, 0.15) is 19.3 Å². The number of urea groups is 1. The molecule has 0 radical (unpaired) electrons. The van der Waals surface area contributed by atoms with Crippen LogP contribution < -0.4 is 10.6 Å². The smallest absolute Gasteiger partial charge is 0.319 e. The maximum absolute atomic E-state index is 12.8. The lowest BCUT2D eigenvalue weighted by Crippen LogP contribution is -2.36. The molecule has 15 heavy (non-hydrogen) atoms. The molecule has 1 aliphatic rings. The van der Waals surface area contributed by atoms with Gasteiger partial charge in [0.1, 0.15) is 6.17 Å². The second-order valence-corrected chi connectivity index (χ2v) is 4.50. The summed E-state index contributed by atoms with van der Waals surface area (Å²) in [6.07, 6.45) is 0.982. The predicted octanol–water partition coefficient (Wildman–Crippen LogP) is 2.76. The highest BCUT2D eigenvalue weighted by molar-refractivity contribution is 7.08. The lowest BCUT2D eigenvalue weighted by atomic mass is 10.2. The van der Waals surface area contributed by atoms with E-state index in [-0.39, 0.29) is 12.1 Å². The van der Waals surface area contributed by atoms with Crippen molar-refractivity contribution in [2.45, 2.75) is 31.5 Å². The van der Waals surface area contributed by atoms with Crippen LogP contribution in [0.2, 0.25) is 0 Å². The fourth-order valence-corrected chi connectivity index (χ4v) is 2.33. The van der Waals surface area contributed by atoms with Gasteiger partial charge < -0.3 is 10.6 Å². The summed E-state index contributed by atoms with van der Waals surface area (Å²) in [5.41, 5.74) is 0.785. The van der Waals surface area contributed by atoms with Crippen LogP contribution in [0.25, 0.3) is 0 Å². The Labute approximate surface area is 91.7 Å². The number of rotatable bonds is 2. The summed E-state index contributed by atoms with van der Waals surface area (Å²) in [5.74, 6) is 0. The number of carbonyl (C=O) groups excluding carboxylic acids is 1. The standard InChI is InChI=1S/C10H13FN2OS/c11-7-1-2-8(5-7)12-10(14)13-9-3-4-15-6-9/h3-4,6-8H,1-2,5H2,(H2,12,13,14)/t7-,8+/m0/s1. The molecule has 1 saturated carbocycles. The highest BCUT2D eigenvalue weighted by atomic mass is 32.1. The number of thiophene rings is 1. The summed E-state index contributed by atoms with van der Waals surface area (Å²) in [4.78, 5) is 11.4. The molecule has 2 N–H and O–H groups in total. The topological polar surface area (TPSA) is 41.1 Å². The van der Waals surface area contributed by atoms with E-state index in [2.05, 4.69) is 10.6 Å². The molecule has 0 saturated heterocycles. The maximum atomic E-state index is 12.8. The zero-order valence-corrected chi connectivity index (χ0v) is 9.02. The Hall–Kier alpha value is -1.10. The van der Waals surface area contributed by atoms with E-state index in [0.717, 1.165) is 12.1 Å². The third kappa shape index (κ3) is 2.92. The Morgan fingerprint density at radius 2 is 2.40 bits per heavy atom. The lowest BCUT2D eigenvalue weighted by molar-refractivity contribution is 0.247. The van der Waals surface area contributed by atoms with E-state index < -0.39 is 6.17 Å². The first-order valence-corrected chi connectivity index (χ1v) is 5.92. The minimum atomic E-state index is -0.753. The van der Waals surface area contributed by atoms with Gasteiger partial charge in [0.05, 0.1) is 5.69 Å². The van der Waals surface area contributed by atoms with Crippen molar-refractivity contribution in [3.8, 4) is 0 Å². The molecule has 1 fully saturated rings. The van der Waals surface area contributed by atoms with Crippen LogP contribution in [0.5, 0.6) is 0 Å². The fraction of sp³-hybridized carbons (Fsp3) is 0.500. The van der Waals surface area contributed by atoms with Gasteiger partial charge in [0.15, 0.2) is 0 Å². The Balaban J connectivity index is 1.78. The maximum Gasteiger partial charge on any atom is 0.319 e. The second-order valence-electron chi connectivity index (χ2n) is 3.72. The van der Waals surface area contributed by atoms with Crippen molar-refractivity contribution in [1.82, 2.24) is 5.32 Å². The number of amides is 2. The van der Waals surface area contributed by atoms with Crippen molar-refractivity contribution in [1.29, 1.82) is 0 Å². The highest BCUT2D eigenvalue weighted by Crippen LogP contribution is 2.21. The molecule has 0 unspecified atom stereocenters. The molecule has 1 aliphatic carbocycles. The quantitative estimate of drug-likeness (QED) is 0.803. The van der Waals surface area contributed by atoms with Crippen LogP contribution in [0.4, 0.5) is 14.9 Å². The van der Waals surface area contributed by atoms with Gasteiger partial charge in [-0.05, 0) is 30.7 Å². The van der Waals surface area contributed by atoms with Crippen molar-refractivity contribution < 1.29 is 9.18 Å². The largest absolute Gasteiger partial charge is 0.335 e. The average molecular weight is 228 g/mol. The monoisotopic (exact) mass is 228 g/mol. The minimum Gasteiger partial charge on any atom is -0.335 e. The van der Waals surface area contributed by atoms with E-state index >= 15 is 0 Å². The van der Waals surface area contributed by atoms with Gasteiger partial charge in [-0.15, -0.1) is 0 Å². The van der Waals surface area contributed by atoms with E-state index in [0.29, 0.717) is 12.8 Å². The normalized spacial score (nSPS) is 25.1. The summed E-state index contributed by atoms with van der Waals surface area (Å²) >= 11 is 1.52. The Morgan fingerprint density at radius 1 is 1.53 bits per heavy atom. The van der Waals surface area contributed by atoms with Crippen molar-refractivity contribution in [3.05, 3.63) is 16.8 Å². The number of alkyl halides is 1. The Kier molecular flexibility index (Phi) is 3.20. The number of halogens is 1. The fourth-order valence-electron chi connectivity index (χ4n) is 1.75. The van der Waals surface area contributed by atoms with Crippen LogP contribution in [0.15, 0.2) is 16.8 Å². The van der Waals surface area contributed by atoms with Crippen LogP contribution in [-0.2, 0) is 0 Å². The average Bonchev–Trinajstić information content (AvgIpc) is 2.77. The summed E-state index contributed by atoms with van der Waals surface area (Å²) in [6.45, 7) is 0. The molecule has 2 amide bonds. The van der Waals surface area contributed by atoms with E-state index in [4.69, 9.17) is 0 Å². The van der Waals surface area contributed by atoms with Crippen molar-refractivity contribution in [2.24, 2.45) is 0 Å². The molecular weight excluding hydrogens is 215 g/mol. The number of hydrogen-bond acceptors (Lipinski definition) is 2. The predicted molar refractivity (Wildman–Crippen MR) is 59.0 cm³/mol. The third-order valence-corrected chi connectivity index (χ3v) is 3.17. The van der Waals surface area contributed by atoms with E-state index in [9.17, 15) is 9.18 Å². The number of carbonyl (C=O) groups is 1. The van der Waals surface area contributed by atoms with Gasteiger partial charge in [0.2, 0.25) is 0 Å². The zero-order chi connectivity index (χ0) is 10.7. The molecule has 2 rings (SSSR count). The Bertz CT molecular complexity index is 328. The molecule has 1 aromatic heterocycles. The summed E-state index contributed by atoms with van der Waals surface area (Å²) in [6, 6.07) is 1.57. The minimum absolute atomic E-state index is 0.0152. The van der Waals surface area contributed by atoms with Crippen LogP contribution in [0, 0.1) is 0 Å². The molecule has 1 heterocycles. The van der Waals surface area contributed by atoms with E-state index in [1.807, 2.05) is 16.8 Å². The second kappa shape index (κ2) is 4.61. The first-order chi connectivity index (χ1) is 7.24. The summed E-state index contributed by atoms with van der Waals surface area (Å²) < 4.78 is 12.8. The van der Waals surface area contributed by atoms with Crippen LogP contribution in [0.3, 0.4) is 0 Å². The van der Waals surface area contributed by atoms with E-state index in [1.165, 1.54) is 11.3 Å². The molecule has 3 nitrogen and oxygen atoms in total. The van der Waals surface area contributed by atoms with E-state index in [1.54, 1.807) is 0 Å². The molecule has 5 heteroatoms. The molecule has 0 aliphatic heterocycles. The number of hydrogen-bond donors (Lipinski definition) is 2. The number of nitrogens with one attached hydrogen (secondary N) is 2. The Morgan fingerprint density at radius 3 is 3.00 bits per heavy atom. The molecular formula is C10H13FN2OS. The summed E-state index contributed by atoms with van der Waals surface area (Å²) in [7, 11) is 0. The van der Waals surface area contributed by atoms with Gasteiger partial charge in [-0.3, -0.25) is 0 Å². The molecule has 0 bridgehead atoms. The van der Waals surface area contributed by atoms with Crippen molar-refractivity contribution in [3.63, 3.8) is 0 Å². The molecule has 2 atom stereocenters. The van der Waals surface area contributed by atoms with Gasteiger partial charge in [0.25, 0.3) is 0 Å². The van der Waals surface area contributed by atoms with Crippen LogP contribution in [-0.4, -0.2) is 18.2 Å². The van der Waals surface area contributed by atoms with Crippen molar-refractivity contribution >= 4 is 23.1 Å². The van der Waals surface area contributed by atoms with Crippen LogP contribution >= 0.6 is 11.3 Å². The van der Waals surface area contributed by atoms with Gasteiger partial charge >= 0.3 is 6.03 Å². The van der Waals surface area contributed by atoms with Gasteiger partial charge in [0, 0.05) is 11.4 Å². The molecule has 0 aromatic carbocycles. The van der Waals surface area contributed by atoms with Gasteiger partial charge in [-0.1, -0.05) is 0 Å². The first kappa shape index (κ1) is 10.4. The highest BCUT2D eigenvalue weighted by Gasteiger charge is 2.25. The molecule has 1 aromatic rings. The van der Waals surface area contributed by atoms with Crippen molar-refractivity contribution in [2.75, 3.05) is 5.32 Å². The third-order valence-electron chi connectivity index (χ3n) is 2.48. The number of anilines is 1. The van der Waals surface area contributed by atoms with Gasteiger partial charge in [-0.2, -0.15) is 11.3 Å². The zero-order valence-electron chi connectivity index (χ0n) is 8.20. The lowest BCUT2D eigenvalue weighted by Gasteiger charge is -2.11. The summed E-state index contributed by atoms with van der Waals surface area (Å²) in [5, 5.41) is 9.21. The first-order valence-electron chi connectivity index (χ1n) is 4.98. The molecule has 0 spiro atoms. The van der Waals surface area contributed by atoms with Gasteiger partial charge in [-0.25, -0.2) is 9.18 Å².